The molecule has 2 rings (SSSR count). The highest BCUT2D eigenvalue weighted by molar-refractivity contribution is 5.26. The van der Waals surface area contributed by atoms with Gasteiger partial charge in [-0.15, -0.1) is 0 Å². The first-order valence-electron chi connectivity index (χ1n) is 5.74. The van der Waals surface area contributed by atoms with Crippen molar-refractivity contribution in [3.05, 3.63) is 35.6 Å². The van der Waals surface area contributed by atoms with Crippen LogP contribution in [-0.4, -0.2) is 13.1 Å². The van der Waals surface area contributed by atoms with Gasteiger partial charge in [-0.05, 0) is 55.5 Å². The molecule has 0 aromatic heterocycles. The van der Waals surface area contributed by atoms with E-state index in [1.807, 2.05) is 6.07 Å². The molecule has 1 aromatic carbocycles. The standard InChI is InChI=1S/C13H18FN/c1-2-13(6-8-15-9-7-13)11-4-3-5-12(14)10-11/h3-5,10,15H,2,6-9H2,1H3. The van der Waals surface area contributed by atoms with Crippen molar-refractivity contribution in [2.45, 2.75) is 31.6 Å². The highest BCUT2D eigenvalue weighted by Crippen LogP contribution is 2.36. The molecule has 0 bridgehead atoms. The van der Waals surface area contributed by atoms with Gasteiger partial charge in [0.25, 0.3) is 0 Å². The monoisotopic (exact) mass is 207 g/mol. The van der Waals surface area contributed by atoms with Crippen LogP contribution in [0.2, 0.25) is 0 Å². The summed E-state index contributed by atoms with van der Waals surface area (Å²) in [6.45, 7) is 4.30. The van der Waals surface area contributed by atoms with E-state index in [-0.39, 0.29) is 11.2 Å². The molecular formula is C13H18FN. The van der Waals surface area contributed by atoms with E-state index in [1.165, 1.54) is 11.6 Å². The zero-order valence-electron chi connectivity index (χ0n) is 9.22. The Labute approximate surface area is 90.7 Å². The summed E-state index contributed by atoms with van der Waals surface area (Å²) in [5.74, 6) is -0.112. The third-order valence-electron chi connectivity index (χ3n) is 3.67. The molecule has 0 radical (unpaired) electrons. The van der Waals surface area contributed by atoms with Crippen LogP contribution in [0.3, 0.4) is 0 Å². The number of piperidine rings is 1. The van der Waals surface area contributed by atoms with Gasteiger partial charge in [-0.3, -0.25) is 0 Å². The summed E-state index contributed by atoms with van der Waals surface area (Å²) in [5, 5.41) is 3.36. The van der Waals surface area contributed by atoms with Crippen LogP contribution in [0.15, 0.2) is 24.3 Å². The quantitative estimate of drug-likeness (QED) is 0.786. The highest BCUT2D eigenvalue weighted by Gasteiger charge is 2.31. The molecule has 0 spiro atoms. The Morgan fingerprint density at radius 1 is 1.33 bits per heavy atom. The number of hydrogen-bond donors (Lipinski definition) is 1. The van der Waals surface area contributed by atoms with E-state index in [4.69, 9.17) is 0 Å². The average molecular weight is 207 g/mol. The summed E-state index contributed by atoms with van der Waals surface area (Å²) in [7, 11) is 0. The van der Waals surface area contributed by atoms with Crippen LogP contribution in [0.4, 0.5) is 4.39 Å². The fourth-order valence-corrected chi connectivity index (χ4v) is 2.57. The number of hydrogen-bond acceptors (Lipinski definition) is 1. The predicted molar refractivity (Wildman–Crippen MR) is 60.5 cm³/mol. The van der Waals surface area contributed by atoms with Gasteiger partial charge in [-0.25, -0.2) is 4.39 Å². The Kier molecular flexibility index (Phi) is 3.06. The second-order valence-electron chi connectivity index (χ2n) is 4.39. The second-order valence-corrected chi connectivity index (χ2v) is 4.39. The van der Waals surface area contributed by atoms with Gasteiger partial charge in [0.1, 0.15) is 5.82 Å². The fraction of sp³-hybridized carbons (Fsp3) is 0.538. The van der Waals surface area contributed by atoms with E-state index in [0.717, 1.165) is 32.4 Å². The summed E-state index contributed by atoms with van der Waals surface area (Å²) < 4.78 is 13.2. The van der Waals surface area contributed by atoms with E-state index in [9.17, 15) is 4.39 Å². The van der Waals surface area contributed by atoms with Gasteiger partial charge >= 0.3 is 0 Å². The van der Waals surface area contributed by atoms with Crippen LogP contribution in [0.1, 0.15) is 31.7 Å². The van der Waals surface area contributed by atoms with E-state index in [1.54, 1.807) is 6.07 Å². The lowest BCUT2D eigenvalue weighted by molar-refractivity contribution is 0.297. The largest absolute Gasteiger partial charge is 0.317 e. The Bertz CT molecular complexity index is 329. The topological polar surface area (TPSA) is 12.0 Å². The molecule has 0 aliphatic carbocycles. The van der Waals surface area contributed by atoms with Crippen molar-refractivity contribution in [1.29, 1.82) is 0 Å². The van der Waals surface area contributed by atoms with E-state index < -0.39 is 0 Å². The summed E-state index contributed by atoms with van der Waals surface area (Å²) in [6, 6.07) is 7.12. The summed E-state index contributed by atoms with van der Waals surface area (Å²) >= 11 is 0. The van der Waals surface area contributed by atoms with Gasteiger partial charge in [-0.2, -0.15) is 0 Å². The summed E-state index contributed by atoms with van der Waals surface area (Å²) in [6.07, 6.45) is 3.33. The van der Waals surface area contributed by atoms with Gasteiger partial charge < -0.3 is 5.32 Å². The van der Waals surface area contributed by atoms with E-state index in [2.05, 4.69) is 18.3 Å². The molecule has 0 amide bonds. The van der Waals surface area contributed by atoms with Gasteiger partial charge in [0.2, 0.25) is 0 Å². The maximum Gasteiger partial charge on any atom is 0.123 e. The molecule has 1 fully saturated rings. The SMILES string of the molecule is CCC1(c2cccc(F)c2)CCNCC1. The molecular weight excluding hydrogens is 189 g/mol. The smallest absolute Gasteiger partial charge is 0.123 e. The van der Waals surface area contributed by atoms with Crippen molar-refractivity contribution in [2.24, 2.45) is 0 Å². The molecule has 0 unspecified atom stereocenters. The average Bonchev–Trinajstić information content (AvgIpc) is 2.30. The zero-order valence-corrected chi connectivity index (χ0v) is 9.22. The van der Waals surface area contributed by atoms with E-state index in [0.29, 0.717) is 0 Å². The van der Waals surface area contributed by atoms with Crippen LogP contribution in [0, 0.1) is 5.82 Å². The van der Waals surface area contributed by atoms with Crippen LogP contribution >= 0.6 is 0 Å². The summed E-state index contributed by atoms with van der Waals surface area (Å²) in [4.78, 5) is 0. The zero-order chi connectivity index (χ0) is 10.7. The fourth-order valence-electron chi connectivity index (χ4n) is 2.57. The van der Waals surface area contributed by atoms with Gasteiger partial charge in [-0.1, -0.05) is 19.1 Å². The molecule has 1 aliphatic heterocycles. The molecule has 82 valence electrons. The Balaban J connectivity index is 2.32. The molecule has 15 heavy (non-hydrogen) atoms. The second kappa shape index (κ2) is 4.31. The third kappa shape index (κ3) is 2.05. The molecule has 0 atom stereocenters. The normalized spacial score (nSPS) is 20.1. The minimum absolute atomic E-state index is 0.112. The first kappa shape index (κ1) is 10.6. The van der Waals surface area contributed by atoms with Crippen molar-refractivity contribution in [3.63, 3.8) is 0 Å². The van der Waals surface area contributed by atoms with Gasteiger partial charge in [0, 0.05) is 0 Å². The lowest BCUT2D eigenvalue weighted by Crippen LogP contribution is -2.39. The van der Waals surface area contributed by atoms with Crippen molar-refractivity contribution < 1.29 is 4.39 Å². The van der Waals surface area contributed by atoms with E-state index >= 15 is 0 Å². The van der Waals surface area contributed by atoms with Crippen LogP contribution in [0.25, 0.3) is 0 Å². The molecule has 1 nitrogen and oxygen atoms in total. The molecule has 1 N–H and O–H groups in total. The number of halogens is 1. The molecule has 2 heteroatoms. The Hall–Kier alpha value is -0.890. The Morgan fingerprint density at radius 2 is 2.07 bits per heavy atom. The van der Waals surface area contributed by atoms with Crippen LogP contribution in [-0.2, 0) is 5.41 Å². The third-order valence-corrected chi connectivity index (χ3v) is 3.67. The maximum absolute atomic E-state index is 13.2. The van der Waals surface area contributed by atoms with Gasteiger partial charge in [0.15, 0.2) is 0 Å². The van der Waals surface area contributed by atoms with Crippen LogP contribution in [0.5, 0.6) is 0 Å². The molecule has 1 saturated heterocycles. The lowest BCUT2D eigenvalue weighted by atomic mass is 9.71. The van der Waals surface area contributed by atoms with Gasteiger partial charge in [0.05, 0.1) is 0 Å². The molecule has 0 saturated carbocycles. The highest BCUT2D eigenvalue weighted by atomic mass is 19.1. The van der Waals surface area contributed by atoms with Crippen molar-refractivity contribution in [1.82, 2.24) is 5.32 Å². The molecule has 1 aliphatic rings. The first-order valence-corrected chi connectivity index (χ1v) is 5.74. The molecule has 1 aromatic rings. The Morgan fingerprint density at radius 3 is 2.67 bits per heavy atom. The lowest BCUT2D eigenvalue weighted by Gasteiger charge is -2.37. The number of rotatable bonds is 2. The van der Waals surface area contributed by atoms with Crippen molar-refractivity contribution in [3.8, 4) is 0 Å². The number of nitrogens with one attached hydrogen (secondary N) is 1. The minimum Gasteiger partial charge on any atom is -0.317 e. The predicted octanol–water partition coefficient (Wildman–Crippen LogP) is 2.86. The number of benzene rings is 1. The maximum atomic E-state index is 13.2. The first-order chi connectivity index (χ1) is 7.27. The van der Waals surface area contributed by atoms with Crippen LogP contribution < -0.4 is 5.32 Å². The summed E-state index contributed by atoms with van der Waals surface area (Å²) in [5.41, 5.74) is 1.37. The van der Waals surface area contributed by atoms with Crippen molar-refractivity contribution >= 4 is 0 Å². The van der Waals surface area contributed by atoms with Crippen molar-refractivity contribution in [2.75, 3.05) is 13.1 Å². The molecule has 1 heterocycles. The minimum atomic E-state index is -0.112.